The van der Waals surface area contributed by atoms with E-state index in [1.165, 1.54) is 0 Å². The minimum Gasteiger partial charge on any atom is -0.294 e. The fraction of sp³-hybridized carbons (Fsp3) is 0.727. The number of hydrogen-bond donors (Lipinski definition) is 0. The van der Waals surface area contributed by atoms with Crippen LogP contribution in [0.15, 0.2) is 11.6 Å². The lowest BCUT2D eigenvalue weighted by molar-refractivity contribution is -0.132. The average Bonchev–Trinajstić information content (AvgIpc) is 2.18. The fourth-order valence-corrected chi connectivity index (χ4v) is 2.56. The molecule has 1 heteroatoms. The Labute approximate surface area is 73.8 Å². The van der Waals surface area contributed by atoms with Crippen molar-refractivity contribution in [3.63, 3.8) is 0 Å². The minimum absolute atomic E-state index is 0.269. The van der Waals surface area contributed by atoms with E-state index in [4.69, 9.17) is 0 Å². The lowest BCUT2D eigenvalue weighted by atomic mass is 9.53. The number of fused-ring (bicyclic) bond motifs is 2. The Kier molecular flexibility index (Phi) is 1.48. The van der Waals surface area contributed by atoms with Crippen LogP contribution in [0.5, 0.6) is 0 Å². The molecule has 0 N–H and O–H groups in total. The number of rotatable bonds is 0. The highest BCUT2D eigenvalue weighted by atomic mass is 16.1. The van der Waals surface area contributed by atoms with Gasteiger partial charge in [-0.1, -0.05) is 19.9 Å². The van der Waals surface area contributed by atoms with E-state index >= 15 is 0 Å². The van der Waals surface area contributed by atoms with Crippen molar-refractivity contribution in [3.8, 4) is 0 Å². The number of allylic oxidation sites excluding steroid dienone is 2. The zero-order chi connectivity index (χ0) is 8.93. The Morgan fingerprint density at radius 2 is 2.17 bits per heavy atom. The molecule has 12 heavy (non-hydrogen) atoms. The molecule has 1 nitrogen and oxygen atoms in total. The molecule has 2 bridgehead atoms. The first kappa shape index (κ1) is 8.03. The Morgan fingerprint density at radius 1 is 1.50 bits per heavy atom. The molecule has 0 unspecified atom stereocenters. The molecule has 2 atom stereocenters. The lowest BCUT2D eigenvalue weighted by Gasteiger charge is -2.50. The Balaban J connectivity index is 2.33. The SMILES string of the molecule is CC1=CC[C@H]2C[C@@H](C1=O)C2(C)C. The third-order valence-electron chi connectivity index (χ3n) is 3.88. The van der Waals surface area contributed by atoms with E-state index in [1.807, 2.05) is 6.92 Å². The summed E-state index contributed by atoms with van der Waals surface area (Å²) in [5, 5.41) is 0. The van der Waals surface area contributed by atoms with Crippen LogP contribution in [0.3, 0.4) is 0 Å². The summed E-state index contributed by atoms with van der Waals surface area (Å²) < 4.78 is 0. The second kappa shape index (κ2) is 2.21. The predicted molar refractivity (Wildman–Crippen MR) is 48.8 cm³/mol. The van der Waals surface area contributed by atoms with Gasteiger partial charge in [-0.2, -0.15) is 0 Å². The first-order valence-electron chi connectivity index (χ1n) is 4.74. The molecule has 0 aromatic heterocycles. The molecule has 0 aromatic carbocycles. The fourth-order valence-electron chi connectivity index (χ4n) is 2.56. The largest absolute Gasteiger partial charge is 0.294 e. The molecule has 0 amide bonds. The summed E-state index contributed by atoms with van der Waals surface area (Å²) in [6.45, 7) is 6.42. The van der Waals surface area contributed by atoms with Crippen molar-refractivity contribution in [2.24, 2.45) is 17.3 Å². The normalized spacial score (nSPS) is 38.2. The van der Waals surface area contributed by atoms with Gasteiger partial charge >= 0.3 is 0 Å². The summed E-state index contributed by atoms with van der Waals surface area (Å²) in [5.41, 5.74) is 1.26. The maximum Gasteiger partial charge on any atom is 0.161 e. The number of ketones is 1. The number of hydrogen-bond acceptors (Lipinski definition) is 1. The molecule has 1 fully saturated rings. The van der Waals surface area contributed by atoms with E-state index in [0.29, 0.717) is 11.7 Å². The lowest BCUT2D eigenvalue weighted by Crippen LogP contribution is -2.47. The van der Waals surface area contributed by atoms with Crippen LogP contribution in [-0.2, 0) is 4.79 Å². The molecule has 3 aliphatic carbocycles. The molecule has 0 spiro atoms. The van der Waals surface area contributed by atoms with E-state index in [-0.39, 0.29) is 5.41 Å². The molecule has 3 rings (SSSR count). The smallest absolute Gasteiger partial charge is 0.161 e. The molecule has 0 aromatic rings. The first-order valence-corrected chi connectivity index (χ1v) is 4.74. The Morgan fingerprint density at radius 3 is 2.75 bits per heavy atom. The maximum atomic E-state index is 11.7. The summed E-state index contributed by atoms with van der Waals surface area (Å²) in [4.78, 5) is 11.7. The van der Waals surface area contributed by atoms with E-state index in [2.05, 4.69) is 19.9 Å². The predicted octanol–water partition coefficient (Wildman–Crippen LogP) is 2.57. The quantitative estimate of drug-likeness (QED) is 0.537. The average molecular weight is 164 g/mol. The molecule has 0 heterocycles. The molecule has 66 valence electrons. The minimum atomic E-state index is 0.269. The van der Waals surface area contributed by atoms with E-state index in [9.17, 15) is 4.79 Å². The van der Waals surface area contributed by atoms with E-state index in [1.54, 1.807) is 0 Å². The van der Waals surface area contributed by atoms with Crippen LogP contribution in [0.1, 0.15) is 33.6 Å². The van der Waals surface area contributed by atoms with Gasteiger partial charge in [0.05, 0.1) is 0 Å². The molecule has 0 radical (unpaired) electrons. The van der Waals surface area contributed by atoms with Crippen molar-refractivity contribution in [3.05, 3.63) is 11.6 Å². The Hall–Kier alpha value is -0.590. The molecule has 1 saturated carbocycles. The van der Waals surface area contributed by atoms with Gasteiger partial charge in [0, 0.05) is 5.92 Å². The highest BCUT2D eigenvalue weighted by Gasteiger charge is 2.52. The van der Waals surface area contributed by atoms with Gasteiger partial charge in [-0.05, 0) is 36.7 Å². The summed E-state index contributed by atoms with van der Waals surface area (Å²) in [5.74, 6) is 1.47. The van der Waals surface area contributed by atoms with Crippen LogP contribution in [0.2, 0.25) is 0 Å². The van der Waals surface area contributed by atoms with Crippen molar-refractivity contribution in [1.82, 2.24) is 0 Å². The van der Waals surface area contributed by atoms with Crippen LogP contribution in [0.25, 0.3) is 0 Å². The van der Waals surface area contributed by atoms with Gasteiger partial charge in [0.2, 0.25) is 0 Å². The van der Waals surface area contributed by atoms with Crippen molar-refractivity contribution in [1.29, 1.82) is 0 Å². The van der Waals surface area contributed by atoms with E-state index in [0.717, 1.165) is 24.3 Å². The van der Waals surface area contributed by atoms with Crippen LogP contribution < -0.4 is 0 Å². The monoisotopic (exact) mass is 164 g/mol. The van der Waals surface area contributed by atoms with Crippen molar-refractivity contribution in [2.75, 3.05) is 0 Å². The highest BCUT2D eigenvalue weighted by molar-refractivity contribution is 5.98. The van der Waals surface area contributed by atoms with Gasteiger partial charge in [-0.15, -0.1) is 0 Å². The third kappa shape index (κ3) is 0.825. The second-order valence-corrected chi connectivity index (χ2v) is 4.79. The topological polar surface area (TPSA) is 17.1 Å². The molecular formula is C11H16O. The first-order chi connectivity index (χ1) is 5.53. The molecule has 0 aliphatic heterocycles. The van der Waals surface area contributed by atoms with Crippen LogP contribution in [-0.4, -0.2) is 5.78 Å². The summed E-state index contributed by atoms with van der Waals surface area (Å²) in [7, 11) is 0. The van der Waals surface area contributed by atoms with Crippen molar-refractivity contribution in [2.45, 2.75) is 33.6 Å². The van der Waals surface area contributed by atoms with E-state index < -0.39 is 0 Å². The summed E-state index contributed by atoms with van der Waals surface area (Å²) >= 11 is 0. The molecule has 0 saturated heterocycles. The van der Waals surface area contributed by atoms with Crippen LogP contribution >= 0.6 is 0 Å². The summed E-state index contributed by atoms with van der Waals surface area (Å²) in [6.07, 6.45) is 4.36. The van der Waals surface area contributed by atoms with Gasteiger partial charge in [0.1, 0.15) is 0 Å². The Bertz CT molecular complexity index is 260. The highest BCUT2D eigenvalue weighted by Crippen LogP contribution is 2.55. The standard InChI is InChI=1S/C11H16O/c1-7-4-5-8-6-9(10(7)12)11(8,2)3/h4,8-9H,5-6H2,1-3H3/t8-,9-/m0/s1. The van der Waals surface area contributed by atoms with Gasteiger partial charge in [-0.25, -0.2) is 0 Å². The number of carbonyl (C=O) groups is 1. The van der Waals surface area contributed by atoms with Crippen molar-refractivity contribution < 1.29 is 4.79 Å². The third-order valence-corrected chi connectivity index (χ3v) is 3.88. The van der Waals surface area contributed by atoms with Crippen LogP contribution in [0, 0.1) is 17.3 Å². The van der Waals surface area contributed by atoms with Gasteiger partial charge in [0.25, 0.3) is 0 Å². The zero-order valence-corrected chi connectivity index (χ0v) is 8.05. The number of carbonyl (C=O) groups excluding carboxylic acids is 1. The zero-order valence-electron chi connectivity index (χ0n) is 8.05. The molecule has 3 aliphatic rings. The number of Topliss-reactive ketones (excluding diaryl/α,β-unsaturated/α-hetero) is 1. The van der Waals surface area contributed by atoms with Gasteiger partial charge in [-0.3, -0.25) is 4.79 Å². The maximum absolute atomic E-state index is 11.7. The van der Waals surface area contributed by atoms with Crippen molar-refractivity contribution >= 4 is 5.78 Å². The molecular weight excluding hydrogens is 148 g/mol. The van der Waals surface area contributed by atoms with Crippen LogP contribution in [0.4, 0.5) is 0 Å². The summed E-state index contributed by atoms with van der Waals surface area (Å²) in [6, 6.07) is 0. The van der Waals surface area contributed by atoms with Gasteiger partial charge < -0.3 is 0 Å². The van der Waals surface area contributed by atoms with Gasteiger partial charge in [0.15, 0.2) is 5.78 Å². The second-order valence-electron chi connectivity index (χ2n) is 4.79.